The van der Waals surface area contributed by atoms with E-state index in [2.05, 4.69) is 65.1 Å². The Morgan fingerprint density at radius 2 is 1.20 bits per heavy atom. The van der Waals surface area contributed by atoms with Crippen molar-refractivity contribution >= 4 is 61.4 Å². The first-order chi connectivity index (χ1) is 20.2. The molecule has 4 nitrogen and oxygen atoms in total. The zero-order valence-electron chi connectivity index (χ0n) is 22.1. The van der Waals surface area contributed by atoms with Gasteiger partial charge in [0, 0.05) is 38.4 Å². The number of imidazole rings is 1. The van der Waals surface area contributed by atoms with E-state index in [-0.39, 0.29) is 0 Å². The van der Waals surface area contributed by atoms with Gasteiger partial charge >= 0.3 is 0 Å². The molecule has 0 bridgehead atoms. The maximum absolute atomic E-state index is 14.8. The third-order valence-corrected chi connectivity index (χ3v) is 10.9. The molecular weight excluding hydrogens is 521 g/mol. The molecule has 3 aromatic heterocycles. The minimum Gasteiger partial charge on any atom is -0.309 e. The summed E-state index contributed by atoms with van der Waals surface area (Å²) in [7, 11) is -3.08. The van der Waals surface area contributed by atoms with Gasteiger partial charge in [0.15, 0.2) is 7.14 Å². The standard InChI is InChI=1S/C36H24N3OP/c40-41(26-11-3-1-4-12-26,27-13-5-2-6-14-27)28-20-22-32(37-24-28)25-19-21-30-29-15-7-8-16-31(29)36-38-33-17-9-10-18-34(33)39(36)35(30)23-25/h1-24H. The van der Waals surface area contributed by atoms with Crippen molar-refractivity contribution in [1.82, 2.24) is 14.4 Å². The second-order valence-corrected chi connectivity index (χ2v) is 13.0. The highest BCUT2D eigenvalue weighted by Gasteiger charge is 2.30. The topological polar surface area (TPSA) is 47.3 Å². The number of nitrogens with zero attached hydrogens (tertiary/aromatic N) is 3. The first-order valence-electron chi connectivity index (χ1n) is 13.6. The monoisotopic (exact) mass is 545 g/mol. The summed E-state index contributed by atoms with van der Waals surface area (Å²) >= 11 is 0. The number of hydrogen-bond donors (Lipinski definition) is 0. The van der Waals surface area contributed by atoms with Crippen LogP contribution in [0.3, 0.4) is 0 Å². The Balaban J connectivity index is 1.32. The summed E-state index contributed by atoms with van der Waals surface area (Å²) in [5.41, 5.74) is 5.89. The fourth-order valence-electron chi connectivity index (χ4n) is 5.93. The van der Waals surface area contributed by atoms with Gasteiger partial charge in [0.05, 0.1) is 22.2 Å². The summed E-state index contributed by atoms with van der Waals surface area (Å²) in [5.74, 6) is 0. The Bertz CT molecular complexity index is 2230. The van der Waals surface area contributed by atoms with E-state index in [9.17, 15) is 4.57 Å². The minimum atomic E-state index is -3.08. The number of benzene rings is 5. The molecule has 0 fully saturated rings. The average Bonchev–Trinajstić information content (AvgIpc) is 3.45. The van der Waals surface area contributed by atoms with Crippen molar-refractivity contribution < 1.29 is 4.57 Å². The maximum Gasteiger partial charge on any atom is 0.172 e. The molecule has 0 N–H and O–H groups in total. The Morgan fingerprint density at radius 3 is 1.90 bits per heavy atom. The van der Waals surface area contributed by atoms with Crippen LogP contribution in [0.1, 0.15) is 0 Å². The van der Waals surface area contributed by atoms with E-state index in [1.165, 1.54) is 5.39 Å². The van der Waals surface area contributed by atoms with Gasteiger partial charge in [-0.3, -0.25) is 9.38 Å². The van der Waals surface area contributed by atoms with Crippen molar-refractivity contribution in [3.8, 4) is 11.3 Å². The molecule has 3 heterocycles. The predicted octanol–water partition coefficient (Wildman–Crippen LogP) is 7.50. The summed E-state index contributed by atoms with van der Waals surface area (Å²) in [4.78, 5) is 9.88. The Hall–Kier alpha value is -5.05. The number of para-hydroxylation sites is 2. The van der Waals surface area contributed by atoms with Crippen LogP contribution in [-0.2, 0) is 4.57 Å². The summed E-state index contributed by atoms with van der Waals surface area (Å²) in [6.45, 7) is 0. The van der Waals surface area contributed by atoms with Gasteiger partial charge in [0.2, 0.25) is 0 Å². The van der Waals surface area contributed by atoms with Crippen LogP contribution in [0.4, 0.5) is 0 Å². The smallest absolute Gasteiger partial charge is 0.172 e. The first kappa shape index (κ1) is 23.8. The molecule has 8 rings (SSSR count). The minimum absolute atomic E-state index is 0.716. The van der Waals surface area contributed by atoms with Gasteiger partial charge in [-0.15, -0.1) is 0 Å². The van der Waals surface area contributed by atoms with Gasteiger partial charge in [-0.1, -0.05) is 109 Å². The molecule has 0 atom stereocenters. The molecule has 0 aliphatic carbocycles. The molecule has 0 aliphatic rings. The third kappa shape index (κ3) is 3.65. The fourth-order valence-corrected chi connectivity index (χ4v) is 8.52. The largest absolute Gasteiger partial charge is 0.309 e. The van der Waals surface area contributed by atoms with Crippen LogP contribution in [0.15, 0.2) is 146 Å². The molecule has 0 saturated carbocycles. The third-order valence-electron chi connectivity index (χ3n) is 7.90. The van der Waals surface area contributed by atoms with E-state index in [4.69, 9.17) is 9.97 Å². The highest BCUT2D eigenvalue weighted by molar-refractivity contribution is 7.85. The quantitative estimate of drug-likeness (QED) is 0.170. The van der Waals surface area contributed by atoms with Crippen molar-refractivity contribution in [1.29, 1.82) is 0 Å². The lowest BCUT2D eigenvalue weighted by atomic mass is 10.0. The van der Waals surface area contributed by atoms with E-state index >= 15 is 0 Å². The molecule has 0 spiro atoms. The van der Waals surface area contributed by atoms with Crippen molar-refractivity contribution in [2.45, 2.75) is 0 Å². The average molecular weight is 546 g/mol. The molecule has 0 aliphatic heterocycles. The van der Waals surface area contributed by atoms with E-state index < -0.39 is 7.14 Å². The van der Waals surface area contributed by atoms with Crippen molar-refractivity contribution in [3.63, 3.8) is 0 Å². The van der Waals surface area contributed by atoms with Crippen molar-refractivity contribution in [2.24, 2.45) is 0 Å². The van der Waals surface area contributed by atoms with Crippen LogP contribution < -0.4 is 15.9 Å². The fraction of sp³-hybridized carbons (Fsp3) is 0. The van der Waals surface area contributed by atoms with Gasteiger partial charge < -0.3 is 4.57 Å². The number of pyridine rings is 2. The molecule has 194 valence electrons. The van der Waals surface area contributed by atoms with E-state index in [0.717, 1.165) is 54.8 Å². The van der Waals surface area contributed by atoms with Crippen LogP contribution >= 0.6 is 7.14 Å². The Kier molecular flexibility index (Phi) is 5.38. The lowest BCUT2D eigenvalue weighted by molar-refractivity contribution is 0.592. The molecule has 41 heavy (non-hydrogen) atoms. The lowest BCUT2D eigenvalue weighted by Crippen LogP contribution is -2.25. The van der Waals surface area contributed by atoms with Gasteiger partial charge in [-0.2, -0.15) is 0 Å². The number of aromatic nitrogens is 3. The van der Waals surface area contributed by atoms with Crippen LogP contribution in [0.25, 0.3) is 49.6 Å². The molecule has 5 heteroatoms. The van der Waals surface area contributed by atoms with Crippen molar-refractivity contribution in [3.05, 3.63) is 146 Å². The molecule has 5 aromatic carbocycles. The van der Waals surface area contributed by atoms with Crippen LogP contribution in [0.5, 0.6) is 0 Å². The predicted molar refractivity (Wildman–Crippen MR) is 170 cm³/mol. The highest BCUT2D eigenvalue weighted by Crippen LogP contribution is 2.42. The number of hydrogen-bond acceptors (Lipinski definition) is 3. The van der Waals surface area contributed by atoms with Gasteiger partial charge in [0.1, 0.15) is 5.65 Å². The first-order valence-corrected chi connectivity index (χ1v) is 15.3. The highest BCUT2D eigenvalue weighted by atomic mass is 31.2. The normalized spacial score (nSPS) is 12.0. The Morgan fingerprint density at radius 1 is 0.537 bits per heavy atom. The molecule has 0 unspecified atom stereocenters. The second kappa shape index (κ2) is 9.26. The molecule has 8 aromatic rings. The van der Waals surface area contributed by atoms with Gasteiger partial charge in [-0.25, -0.2) is 4.98 Å². The maximum atomic E-state index is 14.8. The molecule has 0 saturated heterocycles. The van der Waals surface area contributed by atoms with Crippen LogP contribution in [0, 0.1) is 0 Å². The number of rotatable bonds is 4. The summed E-state index contributed by atoms with van der Waals surface area (Å²) in [6, 6.07) is 46.6. The summed E-state index contributed by atoms with van der Waals surface area (Å²) in [5, 5.41) is 5.78. The van der Waals surface area contributed by atoms with Crippen LogP contribution in [-0.4, -0.2) is 14.4 Å². The van der Waals surface area contributed by atoms with Crippen molar-refractivity contribution in [2.75, 3.05) is 0 Å². The SMILES string of the molecule is O=P(c1ccccc1)(c1ccccc1)c1ccc(-c2ccc3c4ccccc4c4nc5ccccc5n4c3c2)nc1. The van der Waals surface area contributed by atoms with E-state index in [0.29, 0.717) is 5.30 Å². The van der Waals surface area contributed by atoms with Gasteiger partial charge in [0.25, 0.3) is 0 Å². The lowest BCUT2D eigenvalue weighted by Gasteiger charge is -2.20. The van der Waals surface area contributed by atoms with Gasteiger partial charge in [-0.05, 0) is 35.7 Å². The van der Waals surface area contributed by atoms with Crippen LogP contribution in [0.2, 0.25) is 0 Å². The zero-order valence-corrected chi connectivity index (χ0v) is 22.9. The summed E-state index contributed by atoms with van der Waals surface area (Å²) in [6.07, 6.45) is 1.78. The second-order valence-electron chi connectivity index (χ2n) is 10.2. The molecule has 0 amide bonds. The zero-order chi connectivity index (χ0) is 27.4. The number of fused-ring (bicyclic) bond motifs is 8. The molecule has 0 radical (unpaired) electrons. The van der Waals surface area contributed by atoms with E-state index in [1.807, 2.05) is 78.9 Å². The molecular formula is C36H24N3OP. The Labute approximate surface area is 236 Å². The van der Waals surface area contributed by atoms with E-state index in [1.54, 1.807) is 6.20 Å². The summed E-state index contributed by atoms with van der Waals surface area (Å²) < 4.78 is 17.0.